The van der Waals surface area contributed by atoms with Gasteiger partial charge < -0.3 is 14.5 Å². The number of hydrogen-bond acceptors (Lipinski definition) is 3. The Morgan fingerprint density at radius 3 is 2.17 bits per heavy atom. The molecule has 1 heterocycles. The van der Waals surface area contributed by atoms with Crippen molar-refractivity contribution in [3.63, 3.8) is 0 Å². The molecule has 3 rings (SSSR count). The molecule has 2 aromatic carbocycles. The minimum atomic E-state index is -0.0604. The normalized spacial score (nSPS) is 18.9. The largest absolute Gasteiger partial charge is 0.484 e. The minimum Gasteiger partial charge on any atom is -0.484 e. The van der Waals surface area contributed by atoms with Crippen LogP contribution in [-0.4, -0.2) is 41.4 Å². The number of nitrogens with zero attached hydrogens (tertiary/aromatic N) is 2. The van der Waals surface area contributed by atoms with Gasteiger partial charge in [0.25, 0.3) is 11.8 Å². The second-order valence-corrected chi connectivity index (χ2v) is 8.35. The van der Waals surface area contributed by atoms with Crippen LogP contribution in [0.2, 0.25) is 0 Å². The zero-order chi connectivity index (χ0) is 21.7. The van der Waals surface area contributed by atoms with Gasteiger partial charge in [0.2, 0.25) is 0 Å². The van der Waals surface area contributed by atoms with E-state index in [0.29, 0.717) is 11.3 Å². The number of piperidine rings is 1. The number of likely N-dealkylation sites (tertiary alicyclic amines) is 1. The van der Waals surface area contributed by atoms with Crippen molar-refractivity contribution in [3.8, 4) is 5.75 Å². The summed E-state index contributed by atoms with van der Waals surface area (Å²) in [5.74, 6) is 0.549. The predicted molar refractivity (Wildman–Crippen MR) is 120 cm³/mol. The Morgan fingerprint density at radius 1 is 1.00 bits per heavy atom. The van der Waals surface area contributed by atoms with Gasteiger partial charge in [-0.15, -0.1) is 0 Å². The van der Waals surface area contributed by atoms with Crippen LogP contribution in [-0.2, 0) is 4.79 Å². The first-order valence-corrected chi connectivity index (χ1v) is 10.8. The van der Waals surface area contributed by atoms with E-state index in [-0.39, 0.29) is 36.5 Å². The molecule has 0 saturated carbocycles. The van der Waals surface area contributed by atoms with Crippen molar-refractivity contribution < 1.29 is 14.3 Å². The lowest BCUT2D eigenvalue weighted by Gasteiger charge is -2.38. The second-order valence-electron chi connectivity index (χ2n) is 8.35. The second kappa shape index (κ2) is 9.79. The third kappa shape index (κ3) is 5.02. The molecule has 0 spiro atoms. The summed E-state index contributed by atoms with van der Waals surface area (Å²) in [6, 6.07) is 17.2. The van der Waals surface area contributed by atoms with Crippen LogP contribution in [0, 0.1) is 0 Å². The highest BCUT2D eigenvalue weighted by Crippen LogP contribution is 2.24. The molecule has 160 valence electrons. The maximum absolute atomic E-state index is 13.1. The highest BCUT2D eigenvalue weighted by molar-refractivity contribution is 6.06. The highest BCUT2D eigenvalue weighted by atomic mass is 16.5. The fraction of sp³-hybridized carbons (Fsp3) is 0.440. The lowest BCUT2D eigenvalue weighted by molar-refractivity contribution is -0.139. The predicted octanol–water partition coefficient (Wildman–Crippen LogP) is 4.91. The Labute approximate surface area is 179 Å². The number of anilines is 1. The molecule has 2 aromatic rings. The van der Waals surface area contributed by atoms with Gasteiger partial charge in [-0.1, -0.05) is 18.2 Å². The van der Waals surface area contributed by atoms with Gasteiger partial charge in [-0.05, 0) is 83.4 Å². The third-order valence-electron chi connectivity index (χ3n) is 5.71. The summed E-state index contributed by atoms with van der Waals surface area (Å²) in [6.07, 6.45) is 3.25. The van der Waals surface area contributed by atoms with Crippen LogP contribution in [0.15, 0.2) is 54.6 Å². The van der Waals surface area contributed by atoms with E-state index in [9.17, 15) is 9.59 Å². The van der Waals surface area contributed by atoms with Crippen LogP contribution in [0.25, 0.3) is 0 Å². The number of benzene rings is 2. The zero-order valence-corrected chi connectivity index (χ0v) is 18.4. The standard InChI is InChI=1S/C25H32N2O3/c1-18(2)26(22-11-6-5-7-12-22)25(29)21-13-15-23(16-14-21)30-17-24(28)27-19(3)9-8-10-20(27)4/h5-7,11-16,18-20H,8-10,17H2,1-4H3. The molecule has 0 N–H and O–H groups in total. The van der Waals surface area contributed by atoms with Crippen LogP contribution in [0.5, 0.6) is 5.75 Å². The topological polar surface area (TPSA) is 49.9 Å². The monoisotopic (exact) mass is 408 g/mol. The van der Waals surface area contributed by atoms with Crippen LogP contribution in [0.4, 0.5) is 5.69 Å². The molecule has 0 radical (unpaired) electrons. The zero-order valence-electron chi connectivity index (χ0n) is 18.4. The molecule has 1 aliphatic heterocycles. The highest BCUT2D eigenvalue weighted by Gasteiger charge is 2.29. The van der Waals surface area contributed by atoms with Crippen molar-refractivity contribution in [2.75, 3.05) is 11.5 Å². The molecule has 2 amide bonds. The molecule has 1 fully saturated rings. The number of hydrogen-bond donors (Lipinski definition) is 0. The van der Waals surface area contributed by atoms with Crippen molar-refractivity contribution in [3.05, 3.63) is 60.2 Å². The fourth-order valence-corrected chi connectivity index (χ4v) is 4.20. The SMILES string of the molecule is CC(C)N(C(=O)c1ccc(OCC(=O)N2C(C)CCCC2C)cc1)c1ccccc1. The summed E-state index contributed by atoms with van der Waals surface area (Å²) in [6.45, 7) is 8.21. The van der Waals surface area contributed by atoms with Crippen molar-refractivity contribution >= 4 is 17.5 Å². The van der Waals surface area contributed by atoms with Gasteiger partial charge in [0, 0.05) is 29.4 Å². The third-order valence-corrected chi connectivity index (χ3v) is 5.71. The molecule has 0 aromatic heterocycles. The van der Waals surface area contributed by atoms with Gasteiger partial charge >= 0.3 is 0 Å². The van der Waals surface area contributed by atoms with Gasteiger partial charge in [-0.3, -0.25) is 9.59 Å². The summed E-state index contributed by atoms with van der Waals surface area (Å²) in [5, 5.41) is 0. The molecule has 1 aliphatic rings. The summed E-state index contributed by atoms with van der Waals surface area (Å²) in [4.78, 5) is 29.4. The number of para-hydroxylation sites is 1. The average Bonchev–Trinajstić information content (AvgIpc) is 2.73. The Kier molecular flexibility index (Phi) is 7.14. The quantitative estimate of drug-likeness (QED) is 0.682. The van der Waals surface area contributed by atoms with Gasteiger partial charge in [0.15, 0.2) is 6.61 Å². The first-order valence-electron chi connectivity index (χ1n) is 10.8. The van der Waals surface area contributed by atoms with E-state index in [1.165, 1.54) is 6.42 Å². The Hall–Kier alpha value is -2.82. The molecular weight excluding hydrogens is 376 g/mol. The lowest BCUT2D eigenvalue weighted by atomic mass is 9.97. The van der Waals surface area contributed by atoms with E-state index in [1.54, 1.807) is 29.2 Å². The van der Waals surface area contributed by atoms with Gasteiger partial charge in [-0.25, -0.2) is 0 Å². The van der Waals surface area contributed by atoms with E-state index < -0.39 is 0 Å². The molecular formula is C25H32N2O3. The minimum absolute atomic E-state index is 0.0180. The molecule has 2 atom stereocenters. The molecule has 30 heavy (non-hydrogen) atoms. The summed E-state index contributed by atoms with van der Waals surface area (Å²) in [5.41, 5.74) is 1.46. The maximum Gasteiger partial charge on any atom is 0.260 e. The molecule has 5 heteroatoms. The fourth-order valence-electron chi connectivity index (χ4n) is 4.20. The first kappa shape index (κ1) is 21.9. The van der Waals surface area contributed by atoms with Gasteiger partial charge in [0.1, 0.15) is 5.75 Å². The number of rotatable bonds is 6. The number of amides is 2. The van der Waals surface area contributed by atoms with Crippen LogP contribution in [0.1, 0.15) is 57.3 Å². The van der Waals surface area contributed by atoms with E-state index >= 15 is 0 Å². The van der Waals surface area contributed by atoms with E-state index in [1.807, 2.05) is 49.1 Å². The lowest BCUT2D eigenvalue weighted by Crippen LogP contribution is -2.49. The number of ether oxygens (including phenoxy) is 1. The van der Waals surface area contributed by atoms with Crippen molar-refractivity contribution in [1.82, 2.24) is 4.90 Å². The molecule has 0 aliphatic carbocycles. The maximum atomic E-state index is 13.1. The van der Waals surface area contributed by atoms with Crippen molar-refractivity contribution in [2.24, 2.45) is 0 Å². The Bertz CT molecular complexity index is 838. The van der Waals surface area contributed by atoms with E-state index in [2.05, 4.69) is 13.8 Å². The van der Waals surface area contributed by atoms with Gasteiger partial charge in [-0.2, -0.15) is 0 Å². The summed E-state index contributed by atoms with van der Waals surface area (Å²) >= 11 is 0. The summed E-state index contributed by atoms with van der Waals surface area (Å²) < 4.78 is 5.73. The summed E-state index contributed by atoms with van der Waals surface area (Å²) in [7, 11) is 0. The Balaban J connectivity index is 1.64. The number of carbonyl (C=O) groups excluding carboxylic acids is 2. The average molecular weight is 409 g/mol. The Morgan fingerprint density at radius 2 is 1.60 bits per heavy atom. The first-order chi connectivity index (χ1) is 14.4. The van der Waals surface area contributed by atoms with Crippen LogP contribution >= 0.6 is 0 Å². The van der Waals surface area contributed by atoms with Crippen LogP contribution in [0.3, 0.4) is 0 Å². The smallest absolute Gasteiger partial charge is 0.260 e. The van der Waals surface area contributed by atoms with E-state index in [4.69, 9.17) is 4.74 Å². The van der Waals surface area contributed by atoms with Crippen LogP contribution < -0.4 is 9.64 Å². The van der Waals surface area contributed by atoms with Gasteiger partial charge in [0.05, 0.1) is 0 Å². The van der Waals surface area contributed by atoms with Crippen molar-refractivity contribution in [2.45, 2.75) is 65.1 Å². The van der Waals surface area contributed by atoms with E-state index in [0.717, 1.165) is 18.5 Å². The molecule has 1 saturated heterocycles. The molecule has 5 nitrogen and oxygen atoms in total. The van der Waals surface area contributed by atoms with Crippen molar-refractivity contribution in [1.29, 1.82) is 0 Å². The molecule has 0 bridgehead atoms. The number of carbonyl (C=O) groups is 2. The molecule has 2 unspecified atom stereocenters.